The number of piperidine rings is 1. The van der Waals surface area contributed by atoms with Crippen molar-refractivity contribution < 1.29 is 5.11 Å². The predicted octanol–water partition coefficient (Wildman–Crippen LogP) is 1.03. The largest absolute Gasteiger partial charge is 0.390 e. The summed E-state index contributed by atoms with van der Waals surface area (Å²) in [6.07, 6.45) is 6.92. The molecule has 0 aliphatic carbocycles. The standard InChI is InChI=1S/C12H22N4O/c1-2-6-15-7-4-3-5-12(15)9-16-8-11(10-17)13-14-16/h8,12,17H,2-7,9-10H2,1H3. The van der Waals surface area contributed by atoms with Crippen LogP contribution >= 0.6 is 0 Å². The maximum absolute atomic E-state index is 8.97. The molecule has 17 heavy (non-hydrogen) atoms. The molecule has 0 aromatic carbocycles. The van der Waals surface area contributed by atoms with Gasteiger partial charge in [-0.2, -0.15) is 0 Å². The molecule has 1 aromatic heterocycles. The van der Waals surface area contributed by atoms with Crippen molar-refractivity contribution >= 4 is 0 Å². The zero-order valence-electron chi connectivity index (χ0n) is 10.5. The topological polar surface area (TPSA) is 54.2 Å². The van der Waals surface area contributed by atoms with Crippen LogP contribution in [0.2, 0.25) is 0 Å². The van der Waals surface area contributed by atoms with E-state index in [0.29, 0.717) is 11.7 Å². The van der Waals surface area contributed by atoms with Crippen LogP contribution in [-0.2, 0) is 13.2 Å². The molecule has 96 valence electrons. The van der Waals surface area contributed by atoms with E-state index in [0.717, 1.165) is 6.54 Å². The van der Waals surface area contributed by atoms with E-state index in [1.54, 1.807) is 0 Å². The lowest BCUT2D eigenvalue weighted by molar-refractivity contribution is 0.129. The van der Waals surface area contributed by atoms with Crippen LogP contribution in [0.5, 0.6) is 0 Å². The average molecular weight is 238 g/mol. The summed E-state index contributed by atoms with van der Waals surface area (Å²) in [5, 5.41) is 16.9. The highest BCUT2D eigenvalue weighted by Gasteiger charge is 2.22. The first-order valence-corrected chi connectivity index (χ1v) is 6.57. The number of aliphatic hydroxyl groups is 1. The van der Waals surface area contributed by atoms with E-state index in [1.807, 2.05) is 10.9 Å². The molecule has 1 N–H and O–H groups in total. The summed E-state index contributed by atoms with van der Waals surface area (Å²) in [5.41, 5.74) is 0.655. The Morgan fingerprint density at radius 2 is 2.35 bits per heavy atom. The number of hydrogen-bond acceptors (Lipinski definition) is 4. The summed E-state index contributed by atoms with van der Waals surface area (Å²) in [5.74, 6) is 0. The molecule has 1 fully saturated rings. The Kier molecular flexibility index (Phi) is 4.50. The van der Waals surface area contributed by atoms with Gasteiger partial charge in [0.1, 0.15) is 5.69 Å². The van der Waals surface area contributed by atoms with Gasteiger partial charge in [0.25, 0.3) is 0 Å². The fourth-order valence-corrected chi connectivity index (χ4v) is 2.56. The van der Waals surface area contributed by atoms with Crippen LogP contribution in [0.25, 0.3) is 0 Å². The van der Waals surface area contributed by atoms with Gasteiger partial charge in [0.15, 0.2) is 0 Å². The quantitative estimate of drug-likeness (QED) is 0.832. The van der Waals surface area contributed by atoms with E-state index >= 15 is 0 Å². The Labute approximate surface area is 102 Å². The first kappa shape index (κ1) is 12.5. The second-order valence-electron chi connectivity index (χ2n) is 4.78. The highest BCUT2D eigenvalue weighted by Crippen LogP contribution is 2.18. The van der Waals surface area contributed by atoms with Crippen molar-refractivity contribution in [3.05, 3.63) is 11.9 Å². The van der Waals surface area contributed by atoms with E-state index in [4.69, 9.17) is 5.11 Å². The highest BCUT2D eigenvalue weighted by atomic mass is 16.3. The number of rotatable bonds is 5. The Morgan fingerprint density at radius 1 is 1.47 bits per heavy atom. The molecule has 1 saturated heterocycles. The molecule has 1 unspecified atom stereocenters. The summed E-state index contributed by atoms with van der Waals surface area (Å²) in [6, 6.07) is 0.581. The van der Waals surface area contributed by atoms with Crippen LogP contribution in [0.4, 0.5) is 0 Å². The molecule has 2 heterocycles. The van der Waals surface area contributed by atoms with Crippen molar-refractivity contribution in [3.8, 4) is 0 Å². The molecule has 1 aliphatic heterocycles. The van der Waals surface area contributed by atoms with Crippen LogP contribution in [0.15, 0.2) is 6.20 Å². The second-order valence-corrected chi connectivity index (χ2v) is 4.78. The van der Waals surface area contributed by atoms with Crippen molar-refractivity contribution in [1.82, 2.24) is 19.9 Å². The van der Waals surface area contributed by atoms with E-state index in [2.05, 4.69) is 22.1 Å². The lowest BCUT2D eigenvalue weighted by Crippen LogP contribution is -2.42. The molecule has 1 aromatic rings. The van der Waals surface area contributed by atoms with Gasteiger partial charge in [0, 0.05) is 6.04 Å². The monoisotopic (exact) mass is 238 g/mol. The summed E-state index contributed by atoms with van der Waals surface area (Å²) < 4.78 is 1.87. The molecular weight excluding hydrogens is 216 g/mol. The van der Waals surface area contributed by atoms with Crippen LogP contribution in [0, 0.1) is 0 Å². The third-order valence-corrected chi connectivity index (χ3v) is 3.41. The first-order valence-electron chi connectivity index (χ1n) is 6.57. The van der Waals surface area contributed by atoms with Gasteiger partial charge in [-0.05, 0) is 32.4 Å². The minimum Gasteiger partial charge on any atom is -0.390 e. The molecular formula is C12H22N4O. The van der Waals surface area contributed by atoms with Crippen molar-refractivity contribution in [2.75, 3.05) is 13.1 Å². The van der Waals surface area contributed by atoms with E-state index in [9.17, 15) is 0 Å². The number of aliphatic hydroxyl groups excluding tert-OH is 1. The van der Waals surface area contributed by atoms with Gasteiger partial charge >= 0.3 is 0 Å². The zero-order valence-corrected chi connectivity index (χ0v) is 10.5. The zero-order chi connectivity index (χ0) is 12.1. The van der Waals surface area contributed by atoms with E-state index in [1.165, 1.54) is 38.8 Å². The summed E-state index contributed by atoms with van der Waals surface area (Å²) in [4.78, 5) is 2.56. The molecule has 0 amide bonds. The van der Waals surface area contributed by atoms with Gasteiger partial charge < -0.3 is 5.11 Å². The predicted molar refractivity (Wildman–Crippen MR) is 65.4 cm³/mol. The molecule has 1 atom stereocenters. The van der Waals surface area contributed by atoms with Crippen molar-refractivity contribution in [2.45, 2.75) is 51.8 Å². The molecule has 5 nitrogen and oxygen atoms in total. The normalized spacial score (nSPS) is 21.9. The van der Waals surface area contributed by atoms with Crippen LogP contribution < -0.4 is 0 Å². The van der Waals surface area contributed by atoms with E-state index in [-0.39, 0.29) is 6.61 Å². The molecule has 1 aliphatic rings. The Morgan fingerprint density at radius 3 is 3.06 bits per heavy atom. The maximum atomic E-state index is 8.97. The van der Waals surface area contributed by atoms with Gasteiger partial charge in [-0.1, -0.05) is 18.6 Å². The van der Waals surface area contributed by atoms with Crippen LogP contribution in [0.3, 0.4) is 0 Å². The molecule has 2 rings (SSSR count). The number of hydrogen-bond donors (Lipinski definition) is 1. The summed E-state index contributed by atoms with van der Waals surface area (Å²) in [7, 11) is 0. The van der Waals surface area contributed by atoms with Crippen molar-refractivity contribution in [2.24, 2.45) is 0 Å². The number of aromatic nitrogens is 3. The minimum atomic E-state index is -0.0245. The first-order chi connectivity index (χ1) is 8.33. The molecule has 0 radical (unpaired) electrons. The third-order valence-electron chi connectivity index (χ3n) is 3.41. The van der Waals surface area contributed by atoms with E-state index < -0.39 is 0 Å². The smallest absolute Gasteiger partial charge is 0.108 e. The Hall–Kier alpha value is -0.940. The van der Waals surface area contributed by atoms with Gasteiger partial charge in [-0.15, -0.1) is 5.10 Å². The lowest BCUT2D eigenvalue weighted by Gasteiger charge is -2.35. The van der Waals surface area contributed by atoms with Crippen LogP contribution in [-0.4, -0.2) is 44.1 Å². The molecule has 0 bridgehead atoms. The average Bonchev–Trinajstić information content (AvgIpc) is 2.80. The van der Waals surface area contributed by atoms with Crippen molar-refractivity contribution in [3.63, 3.8) is 0 Å². The SMILES string of the molecule is CCCN1CCCCC1Cn1cc(CO)nn1. The maximum Gasteiger partial charge on any atom is 0.108 e. The molecule has 5 heteroatoms. The van der Waals surface area contributed by atoms with Gasteiger partial charge in [0.2, 0.25) is 0 Å². The van der Waals surface area contributed by atoms with Crippen LogP contribution in [0.1, 0.15) is 38.3 Å². The van der Waals surface area contributed by atoms with Gasteiger partial charge in [-0.25, -0.2) is 0 Å². The molecule has 0 saturated carbocycles. The summed E-state index contributed by atoms with van der Waals surface area (Å²) >= 11 is 0. The molecule has 0 spiro atoms. The second kappa shape index (κ2) is 6.12. The Balaban J connectivity index is 1.95. The fraction of sp³-hybridized carbons (Fsp3) is 0.833. The Bertz CT molecular complexity index is 337. The number of likely N-dealkylation sites (tertiary alicyclic amines) is 1. The lowest BCUT2D eigenvalue weighted by atomic mass is 10.0. The van der Waals surface area contributed by atoms with Gasteiger partial charge in [-0.3, -0.25) is 9.58 Å². The highest BCUT2D eigenvalue weighted by molar-refractivity contribution is 4.90. The third kappa shape index (κ3) is 3.26. The van der Waals surface area contributed by atoms with Gasteiger partial charge in [0.05, 0.1) is 19.3 Å². The summed E-state index contributed by atoms with van der Waals surface area (Å²) in [6.45, 7) is 5.48. The fourth-order valence-electron chi connectivity index (χ4n) is 2.56. The minimum absolute atomic E-state index is 0.0245. The van der Waals surface area contributed by atoms with Crippen molar-refractivity contribution in [1.29, 1.82) is 0 Å². The number of nitrogens with zero attached hydrogens (tertiary/aromatic N) is 4.